The Kier molecular flexibility index (Phi) is 12.3. The molecule has 23 heavy (non-hydrogen) atoms. The molecule has 0 amide bonds. The van der Waals surface area contributed by atoms with Gasteiger partial charge in [0.05, 0.1) is 0 Å². The largest absolute Gasteiger partial charge is 0.293 e. The van der Waals surface area contributed by atoms with E-state index in [4.69, 9.17) is 0 Å². The number of rotatable bonds is 15. The van der Waals surface area contributed by atoms with E-state index >= 15 is 0 Å². The zero-order valence-electron chi connectivity index (χ0n) is 17.6. The lowest BCUT2D eigenvalue weighted by molar-refractivity contribution is 0.00194. The normalized spacial score (nSPS) is 13.0. The lowest BCUT2D eigenvalue weighted by atomic mass is 9.85. The summed E-state index contributed by atoms with van der Waals surface area (Å²) in [6.07, 6.45) is 16.3. The summed E-state index contributed by atoms with van der Waals surface area (Å²) < 4.78 is 0. The number of hydrogen-bond acceptors (Lipinski definition) is 1. The van der Waals surface area contributed by atoms with Crippen LogP contribution in [0.4, 0.5) is 0 Å². The van der Waals surface area contributed by atoms with Crippen LogP contribution < -0.4 is 0 Å². The van der Waals surface area contributed by atoms with Gasteiger partial charge >= 0.3 is 0 Å². The van der Waals surface area contributed by atoms with Crippen molar-refractivity contribution in [2.45, 2.75) is 137 Å². The molecule has 0 bridgehead atoms. The van der Waals surface area contributed by atoms with Gasteiger partial charge in [-0.1, -0.05) is 78.6 Å². The molecule has 0 N–H and O–H groups in total. The average Bonchev–Trinajstić information content (AvgIpc) is 2.48. The molecule has 0 heterocycles. The van der Waals surface area contributed by atoms with Crippen molar-refractivity contribution < 1.29 is 0 Å². The maximum absolute atomic E-state index is 2.85. The van der Waals surface area contributed by atoms with E-state index in [2.05, 4.69) is 53.4 Å². The van der Waals surface area contributed by atoms with Crippen LogP contribution in [0.3, 0.4) is 0 Å². The summed E-state index contributed by atoms with van der Waals surface area (Å²) in [6, 6.07) is 0. The fraction of sp³-hybridized carbons (Fsp3) is 1.00. The van der Waals surface area contributed by atoms with Gasteiger partial charge in [0.2, 0.25) is 0 Å². The monoisotopic (exact) mass is 325 g/mol. The molecule has 0 radical (unpaired) electrons. The zero-order valence-corrected chi connectivity index (χ0v) is 17.6. The average molecular weight is 326 g/mol. The number of unbranched alkanes of at least 4 members (excludes halogenated alkanes) is 7. The van der Waals surface area contributed by atoms with Gasteiger partial charge in [-0.2, -0.15) is 0 Å². The van der Waals surface area contributed by atoms with Gasteiger partial charge in [0.25, 0.3) is 0 Å². The molecule has 0 aromatic rings. The van der Waals surface area contributed by atoms with Gasteiger partial charge in [-0.25, -0.2) is 0 Å². The molecule has 0 aliphatic carbocycles. The maximum Gasteiger partial charge on any atom is 0.0158 e. The molecule has 0 spiro atoms. The summed E-state index contributed by atoms with van der Waals surface area (Å²) in [4.78, 5) is 2.85. The van der Waals surface area contributed by atoms with Crippen molar-refractivity contribution in [2.24, 2.45) is 0 Å². The van der Waals surface area contributed by atoms with Gasteiger partial charge in [-0.3, -0.25) is 4.90 Å². The quantitative estimate of drug-likeness (QED) is 0.280. The number of hydrogen-bond donors (Lipinski definition) is 0. The third-order valence-electron chi connectivity index (χ3n) is 5.48. The highest BCUT2D eigenvalue weighted by Gasteiger charge is 2.36. The fourth-order valence-corrected chi connectivity index (χ4v) is 3.98. The first-order valence-electron chi connectivity index (χ1n) is 10.6. The lowest BCUT2D eigenvalue weighted by Crippen LogP contribution is -2.55. The highest BCUT2D eigenvalue weighted by molar-refractivity contribution is 4.92. The maximum atomic E-state index is 2.85. The van der Waals surface area contributed by atoms with Gasteiger partial charge in [-0.05, 0) is 53.5 Å². The molecular weight excluding hydrogens is 278 g/mol. The minimum Gasteiger partial charge on any atom is -0.293 e. The van der Waals surface area contributed by atoms with Gasteiger partial charge < -0.3 is 0 Å². The van der Waals surface area contributed by atoms with Crippen LogP contribution in [0, 0.1) is 0 Å². The molecule has 0 atom stereocenters. The van der Waals surface area contributed by atoms with E-state index < -0.39 is 0 Å². The predicted molar refractivity (Wildman–Crippen MR) is 107 cm³/mol. The van der Waals surface area contributed by atoms with Gasteiger partial charge in [0.15, 0.2) is 0 Å². The lowest BCUT2D eigenvalue weighted by Gasteiger charge is -2.49. The molecule has 0 aliphatic rings. The van der Waals surface area contributed by atoms with E-state index in [1.807, 2.05) is 0 Å². The standard InChI is InChI=1S/C22H47N/c1-8-11-14-16-18-21(4,5)23(20-13-10-3)22(6,7)19-17-15-12-9-2/h8-20H2,1-7H3. The van der Waals surface area contributed by atoms with Crippen LogP contribution >= 0.6 is 0 Å². The molecule has 0 saturated carbocycles. The highest BCUT2D eigenvalue weighted by Crippen LogP contribution is 2.33. The molecule has 0 rings (SSSR count). The summed E-state index contributed by atoms with van der Waals surface area (Å²) >= 11 is 0. The smallest absolute Gasteiger partial charge is 0.0158 e. The first-order chi connectivity index (χ1) is 10.8. The summed E-state index contributed by atoms with van der Waals surface area (Å²) in [7, 11) is 0. The molecule has 0 saturated heterocycles. The number of nitrogens with zero attached hydrogens (tertiary/aromatic N) is 1. The van der Waals surface area contributed by atoms with Crippen LogP contribution in [0.2, 0.25) is 0 Å². The molecule has 1 nitrogen and oxygen atoms in total. The Labute approximate surface area is 148 Å². The highest BCUT2D eigenvalue weighted by atomic mass is 15.2. The Balaban J connectivity index is 4.72. The van der Waals surface area contributed by atoms with Crippen molar-refractivity contribution in [2.75, 3.05) is 6.54 Å². The zero-order chi connectivity index (χ0) is 17.8. The van der Waals surface area contributed by atoms with Crippen LogP contribution in [-0.4, -0.2) is 22.5 Å². The minimum absolute atomic E-state index is 0.331. The van der Waals surface area contributed by atoms with E-state index in [1.165, 1.54) is 83.6 Å². The van der Waals surface area contributed by atoms with Crippen molar-refractivity contribution in [1.82, 2.24) is 4.90 Å². The van der Waals surface area contributed by atoms with Crippen LogP contribution in [0.25, 0.3) is 0 Å². The van der Waals surface area contributed by atoms with Gasteiger partial charge in [0.1, 0.15) is 0 Å². The summed E-state index contributed by atoms with van der Waals surface area (Å²) in [5, 5.41) is 0. The van der Waals surface area contributed by atoms with E-state index in [0.717, 1.165) is 0 Å². The van der Waals surface area contributed by atoms with Gasteiger partial charge in [-0.15, -0.1) is 0 Å². The topological polar surface area (TPSA) is 3.24 Å². The molecule has 0 aromatic heterocycles. The third-order valence-corrected chi connectivity index (χ3v) is 5.48. The second-order valence-corrected chi connectivity index (χ2v) is 8.75. The Morgan fingerprint density at radius 3 is 1.26 bits per heavy atom. The summed E-state index contributed by atoms with van der Waals surface area (Å²) in [6.45, 7) is 18.1. The summed E-state index contributed by atoms with van der Waals surface area (Å²) in [5.41, 5.74) is 0.661. The Bertz CT molecular complexity index is 243. The second kappa shape index (κ2) is 12.3. The van der Waals surface area contributed by atoms with E-state index in [9.17, 15) is 0 Å². The molecule has 1 heteroatoms. The van der Waals surface area contributed by atoms with Crippen molar-refractivity contribution in [3.8, 4) is 0 Å². The van der Waals surface area contributed by atoms with E-state index in [1.54, 1.807) is 0 Å². The van der Waals surface area contributed by atoms with Crippen LogP contribution in [0.15, 0.2) is 0 Å². The Morgan fingerprint density at radius 2 is 0.913 bits per heavy atom. The van der Waals surface area contributed by atoms with Gasteiger partial charge in [0, 0.05) is 11.1 Å². The second-order valence-electron chi connectivity index (χ2n) is 8.75. The van der Waals surface area contributed by atoms with Crippen LogP contribution in [-0.2, 0) is 0 Å². The van der Waals surface area contributed by atoms with Crippen molar-refractivity contribution >= 4 is 0 Å². The first kappa shape index (κ1) is 23.0. The van der Waals surface area contributed by atoms with E-state index in [-0.39, 0.29) is 0 Å². The predicted octanol–water partition coefficient (Wildman–Crippen LogP) is 7.59. The van der Waals surface area contributed by atoms with E-state index in [0.29, 0.717) is 11.1 Å². The third kappa shape index (κ3) is 9.75. The van der Waals surface area contributed by atoms with Crippen molar-refractivity contribution in [1.29, 1.82) is 0 Å². The van der Waals surface area contributed by atoms with Crippen molar-refractivity contribution in [3.05, 3.63) is 0 Å². The molecule has 0 aromatic carbocycles. The molecule has 0 fully saturated rings. The molecule has 0 unspecified atom stereocenters. The SMILES string of the molecule is CCCCCCC(C)(C)N(CCCC)C(C)(C)CCCCCC. The van der Waals surface area contributed by atoms with Crippen LogP contribution in [0.1, 0.15) is 126 Å². The van der Waals surface area contributed by atoms with Crippen LogP contribution in [0.5, 0.6) is 0 Å². The first-order valence-corrected chi connectivity index (χ1v) is 10.6. The minimum atomic E-state index is 0.331. The fourth-order valence-electron chi connectivity index (χ4n) is 3.98. The Morgan fingerprint density at radius 1 is 0.522 bits per heavy atom. The molecular formula is C22H47N. The summed E-state index contributed by atoms with van der Waals surface area (Å²) in [5.74, 6) is 0. The Hall–Kier alpha value is -0.0400. The molecule has 0 aliphatic heterocycles. The molecule has 140 valence electrons. The van der Waals surface area contributed by atoms with Crippen molar-refractivity contribution in [3.63, 3.8) is 0 Å².